The average Bonchev–Trinajstić information content (AvgIpc) is 2.99. The molecule has 86 valence electrons. The van der Waals surface area contributed by atoms with Gasteiger partial charge in [0.15, 0.2) is 0 Å². The number of fused-ring (bicyclic) bond motifs is 1. The molecule has 2 aromatic heterocycles. The maximum atomic E-state index is 4.09. The van der Waals surface area contributed by atoms with Crippen LogP contribution in [0.1, 0.15) is 17.8 Å². The summed E-state index contributed by atoms with van der Waals surface area (Å²) in [6.45, 7) is 2.13. The van der Waals surface area contributed by atoms with Gasteiger partial charge in [0.1, 0.15) is 0 Å². The number of hydrogen-bond acceptors (Lipinski definition) is 4. The predicted molar refractivity (Wildman–Crippen MR) is 70.2 cm³/mol. The van der Waals surface area contributed by atoms with Crippen molar-refractivity contribution in [2.45, 2.75) is 13.0 Å². The zero-order valence-corrected chi connectivity index (χ0v) is 10.2. The summed E-state index contributed by atoms with van der Waals surface area (Å²) in [5, 5.41) is 11.6. The van der Waals surface area contributed by atoms with Crippen molar-refractivity contribution in [1.82, 2.24) is 15.2 Å². The quantitative estimate of drug-likeness (QED) is 0.744. The Hall–Kier alpha value is -1.88. The van der Waals surface area contributed by atoms with Crippen LogP contribution in [0.5, 0.6) is 0 Å². The van der Waals surface area contributed by atoms with Crippen LogP contribution in [0.4, 0.5) is 5.69 Å². The molecule has 3 aromatic rings. The molecular weight excluding hydrogens is 232 g/mol. The lowest BCUT2D eigenvalue weighted by molar-refractivity contribution is 0.904. The van der Waals surface area contributed by atoms with Crippen LogP contribution >= 0.6 is 11.3 Å². The molecule has 4 nitrogen and oxygen atoms in total. The summed E-state index contributed by atoms with van der Waals surface area (Å²) >= 11 is 1.66. The Labute approximate surface area is 103 Å². The maximum Gasteiger partial charge on any atom is 0.0795 e. The molecule has 0 fully saturated rings. The van der Waals surface area contributed by atoms with Crippen LogP contribution in [-0.4, -0.2) is 15.2 Å². The highest BCUT2D eigenvalue weighted by Gasteiger charge is 2.07. The number of H-pyrrole nitrogens is 1. The van der Waals surface area contributed by atoms with E-state index in [4.69, 9.17) is 0 Å². The van der Waals surface area contributed by atoms with Gasteiger partial charge in [-0.25, -0.2) is 0 Å². The number of rotatable bonds is 3. The van der Waals surface area contributed by atoms with Crippen molar-refractivity contribution in [3.8, 4) is 0 Å². The van der Waals surface area contributed by atoms with Gasteiger partial charge < -0.3 is 5.32 Å². The summed E-state index contributed by atoms with van der Waals surface area (Å²) in [5.41, 5.74) is 3.99. The summed E-state index contributed by atoms with van der Waals surface area (Å²) < 4.78 is 0. The lowest BCUT2D eigenvalue weighted by atomic mass is 10.2. The molecule has 0 bridgehead atoms. The highest BCUT2D eigenvalue weighted by atomic mass is 32.1. The van der Waals surface area contributed by atoms with E-state index in [-0.39, 0.29) is 6.04 Å². The second kappa shape index (κ2) is 4.18. The number of aromatic amines is 1. The highest BCUT2D eigenvalue weighted by molar-refractivity contribution is 7.09. The molecule has 1 unspecified atom stereocenters. The largest absolute Gasteiger partial charge is 0.378 e. The topological polar surface area (TPSA) is 53.6 Å². The van der Waals surface area contributed by atoms with E-state index < -0.39 is 0 Å². The van der Waals surface area contributed by atoms with Gasteiger partial charge in [-0.3, -0.25) is 10.1 Å². The van der Waals surface area contributed by atoms with Crippen molar-refractivity contribution in [2.75, 3.05) is 5.32 Å². The van der Waals surface area contributed by atoms with Gasteiger partial charge in [0.25, 0.3) is 0 Å². The lowest BCUT2D eigenvalue weighted by Crippen LogP contribution is -2.04. The zero-order chi connectivity index (χ0) is 11.7. The van der Waals surface area contributed by atoms with E-state index in [0.717, 1.165) is 16.6 Å². The number of hydrogen-bond donors (Lipinski definition) is 2. The smallest absolute Gasteiger partial charge is 0.0795 e. The molecule has 0 spiro atoms. The molecule has 5 heteroatoms. The molecule has 1 atom stereocenters. The number of anilines is 1. The van der Waals surface area contributed by atoms with E-state index >= 15 is 0 Å². The minimum Gasteiger partial charge on any atom is -0.378 e. The Bertz CT molecular complexity index is 614. The van der Waals surface area contributed by atoms with Crippen molar-refractivity contribution in [2.24, 2.45) is 0 Å². The molecule has 0 aliphatic carbocycles. The molecule has 0 radical (unpaired) electrons. The molecule has 0 saturated heterocycles. The first-order chi connectivity index (χ1) is 8.33. The van der Waals surface area contributed by atoms with Crippen LogP contribution < -0.4 is 5.32 Å². The first-order valence-electron chi connectivity index (χ1n) is 5.41. The van der Waals surface area contributed by atoms with Crippen LogP contribution in [0.3, 0.4) is 0 Å². The fourth-order valence-corrected chi connectivity index (χ4v) is 2.42. The van der Waals surface area contributed by atoms with Gasteiger partial charge in [-0.15, -0.1) is 11.3 Å². The number of benzene rings is 1. The van der Waals surface area contributed by atoms with E-state index in [9.17, 15) is 0 Å². The molecule has 2 N–H and O–H groups in total. The Morgan fingerprint density at radius 2 is 2.29 bits per heavy atom. The SMILES string of the molecule is CC(Nc1ccc2cn[nH]c2c1)c1cncs1. The van der Waals surface area contributed by atoms with Crippen LogP contribution in [0.2, 0.25) is 0 Å². The fourth-order valence-electron chi connectivity index (χ4n) is 1.79. The maximum absolute atomic E-state index is 4.09. The molecular formula is C12H12N4S. The Morgan fingerprint density at radius 1 is 1.35 bits per heavy atom. The third kappa shape index (κ3) is 2.01. The van der Waals surface area contributed by atoms with E-state index in [2.05, 4.69) is 45.6 Å². The van der Waals surface area contributed by atoms with Crippen molar-refractivity contribution >= 4 is 27.9 Å². The van der Waals surface area contributed by atoms with Crippen LogP contribution in [-0.2, 0) is 0 Å². The van der Waals surface area contributed by atoms with E-state index in [1.807, 2.05) is 17.9 Å². The first-order valence-corrected chi connectivity index (χ1v) is 6.29. The normalized spacial score (nSPS) is 12.8. The minimum atomic E-state index is 0.267. The van der Waals surface area contributed by atoms with Gasteiger partial charge in [-0.2, -0.15) is 5.10 Å². The van der Waals surface area contributed by atoms with Crippen molar-refractivity contribution in [3.63, 3.8) is 0 Å². The second-order valence-electron chi connectivity index (χ2n) is 3.94. The molecule has 0 aliphatic rings. The number of aromatic nitrogens is 3. The third-order valence-electron chi connectivity index (χ3n) is 2.70. The van der Waals surface area contributed by atoms with Gasteiger partial charge >= 0.3 is 0 Å². The number of nitrogens with one attached hydrogen (secondary N) is 2. The molecule has 0 saturated carbocycles. The lowest BCUT2D eigenvalue weighted by Gasteiger charge is -2.13. The van der Waals surface area contributed by atoms with Gasteiger partial charge in [0.05, 0.1) is 23.3 Å². The van der Waals surface area contributed by atoms with Crippen LogP contribution in [0, 0.1) is 0 Å². The van der Waals surface area contributed by atoms with Crippen molar-refractivity contribution in [1.29, 1.82) is 0 Å². The second-order valence-corrected chi connectivity index (χ2v) is 4.86. The first kappa shape index (κ1) is 10.3. The summed E-state index contributed by atoms with van der Waals surface area (Å²) in [6, 6.07) is 6.46. The minimum absolute atomic E-state index is 0.267. The van der Waals surface area contributed by atoms with E-state index in [1.165, 1.54) is 4.88 Å². The average molecular weight is 244 g/mol. The summed E-state index contributed by atoms with van der Waals surface area (Å²) in [7, 11) is 0. The molecule has 0 aliphatic heterocycles. The van der Waals surface area contributed by atoms with Crippen LogP contribution in [0.25, 0.3) is 10.9 Å². The summed E-state index contributed by atoms with van der Waals surface area (Å²) in [4.78, 5) is 5.32. The van der Waals surface area contributed by atoms with E-state index in [1.54, 1.807) is 11.3 Å². The standard InChI is InChI=1S/C12H12N4S/c1-8(12-6-13-7-17-12)15-10-3-2-9-5-14-16-11(9)4-10/h2-8,15H,1H3,(H,14,16). The number of nitrogens with zero attached hydrogens (tertiary/aromatic N) is 2. The predicted octanol–water partition coefficient (Wildman–Crippen LogP) is 3.19. The fraction of sp³-hybridized carbons (Fsp3) is 0.167. The molecule has 2 heterocycles. The van der Waals surface area contributed by atoms with Crippen molar-refractivity contribution < 1.29 is 0 Å². The third-order valence-corrected chi connectivity index (χ3v) is 3.66. The molecule has 1 aromatic carbocycles. The Balaban J connectivity index is 1.84. The Kier molecular flexibility index (Phi) is 2.53. The molecule has 3 rings (SSSR count). The summed E-state index contributed by atoms with van der Waals surface area (Å²) in [6.07, 6.45) is 3.72. The number of thiazole rings is 1. The Morgan fingerprint density at radius 3 is 3.12 bits per heavy atom. The molecule has 17 heavy (non-hydrogen) atoms. The van der Waals surface area contributed by atoms with E-state index in [0.29, 0.717) is 0 Å². The summed E-state index contributed by atoms with van der Waals surface area (Å²) in [5.74, 6) is 0. The monoisotopic (exact) mass is 244 g/mol. The highest BCUT2D eigenvalue weighted by Crippen LogP contribution is 2.23. The van der Waals surface area contributed by atoms with Gasteiger partial charge in [-0.1, -0.05) is 0 Å². The molecule has 0 amide bonds. The van der Waals surface area contributed by atoms with Gasteiger partial charge in [0, 0.05) is 22.1 Å². The van der Waals surface area contributed by atoms with Crippen molar-refractivity contribution in [3.05, 3.63) is 41.0 Å². The van der Waals surface area contributed by atoms with Gasteiger partial charge in [-0.05, 0) is 25.1 Å². The van der Waals surface area contributed by atoms with Gasteiger partial charge in [0.2, 0.25) is 0 Å². The zero-order valence-electron chi connectivity index (χ0n) is 9.34. The van der Waals surface area contributed by atoms with Crippen LogP contribution in [0.15, 0.2) is 36.1 Å².